The van der Waals surface area contributed by atoms with Crippen LogP contribution in [-0.2, 0) is 26.0 Å². The number of rotatable bonds is 7. The summed E-state index contributed by atoms with van der Waals surface area (Å²) in [7, 11) is -3.58. The minimum absolute atomic E-state index is 0.179. The third-order valence-corrected chi connectivity index (χ3v) is 7.69. The zero-order valence-corrected chi connectivity index (χ0v) is 20.4. The molecule has 3 aromatic rings. The lowest BCUT2D eigenvalue weighted by Crippen LogP contribution is -2.55. The van der Waals surface area contributed by atoms with Crippen molar-refractivity contribution in [2.45, 2.75) is 19.4 Å². The molecule has 0 radical (unpaired) electrons. The van der Waals surface area contributed by atoms with Gasteiger partial charge in [0.05, 0.1) is 6.42 Å². The Hall–Kier alpha value is -3.49. The summed E-state index contributed by atoms with van der Waals surface area (Å²) in [5.41, 5.74) is 1.71. The highest BCUT2D eigenvalue weighted by Gasteiger charge is 2.29. The Morgan fingerprint density at radius 2 is 1.57 bits per heavy atom. The predicted octanol–water partition coefficient (Wildman–Crippen LogP) is 3.03. The van der Waals surface area contributed by atoms with Gasteiger partial charge in [0.25, 0.3) is 0 Å². The first-order valence-corrected chi connectivity index (χ1v) is 13.1. The first-order valence-electron chi connectivity index (χ1n) is 11.6. The fourth-order valence-electron chi connectivity index (χ4n) is 4.23. The van der Waals surface area contributed by atoms with E-state index in [1.165, 1.54) is 9.71 Å². The van der Waals surface area contributed by atoms with Crippen LogP contribution in [0, 0.1) is 0 Å². The average molecular weight is 492 g/mol. The second-order valence-corrected chi connectivity index (χ2v) is 10.4. The predicted molar refractivity (Wildman–Crippen MR) is 138 cm³/mol. The summed E-state index contributed by atoms with van der Waals surface area (Å²) in [5.74, 6) is -0.442. The molecule has 35 heavy (non-hydrogen) atoms. The van der Waals surface area contributed by atoms with Crippen molar-refractivity contribution in [1.29, 1.82) is 0 Å². The average Bonchev–Trinajstić information content (AvgIpc) is 2.88. The molecule has 1 N–H and O–H groups in total. The second-order valence-electron chi connectivity index (χ2n) is 8.59. The minimum Gasteiger partial charge on any atom is -0.344 e. The Morgan fingerprint density at radius 3 is 2.31 bits per heavy atom. The molecule has 3 aromatic carbocycles. The number of piperazine rings is 1. The van der Waals surface area contributed by atoms with Gasteiger partial charge in [-0.1, -0.05) is 72.8 Å². The molecule has 4 rings (SSSR count). The van der Waals surface area contributed by atoms with Gasteiger partial charge in [0, 0.05) is 31.6 Å². The zero-order valence-electron chi connectivity index (χ0n) is 19.6. The minimum atomic E-state index is -3.58. The summed E-state index contributed by atoms with van der Waals surface area (Å²) in [6.07, 6.45) is 1.75. The number of fused-ring (bicyclic) bond motifs is 1. The van der Waals surface area contributed by atoms with Crippen LogP contribution >= 0.6 is 0 Å². The van der Waals surface area contributed by atoms with E-state index < -0.39 is 16.1 Å². The van der Waals surface area contributed by atoms with Crippen molar-refractivity contribution >= 4 is 38.7 Å². The Morgan fingerprint density at radius 1 is 0.914 bits per heavy atom. The van der Waals surface area contributed by atoms with E-state index in [0.717, 1.165) is 21.9 Å². The van der Waals surface area contributed by atoms with Crippen LogP contribution in [-0.4, -0.2) is 61.7 Å². The molecule has 0 bridgehead atoms. The lowest BCUT2D eigenvalue weighted by Gasteiger charge is -2.34. The summed E-state index contributed by atoms with van der Waals surface area (Å²) < 4.78 is 26.7. The molecule has 0 spiro atoms. The summed E-state index contributed by atoms with van der Waals surface area (Å²) in [6, 6.07) is 22.2. The molecule has 1 atom stereocenters. The van der Waals surface area contributed by atoms with Gasteiger partial charge in [-0.05, 0) is 34.9 Å². The first-order chi connectivity index (χ1) is 16.8. The molecule has 0 saturated carbocycles. The highest BCUT2D eigenvalue weighted by molar-refractivity contribution is 7.92. The molecular weight excluding hydrogens is 462 g/mol. The maximum absolute atomic E-state index is 12.9. The first kappa shape index (κ1) is 24.6. The van der Waals surface area contributed by atoms with Crippen molar-refractivity contribution in [3.05, 3.63) is 89.3 Å². The van der Waals surface area contributed by atoms with Crippen LogP contribution in [0.15, 0.2) is 78.2 Å². The topological polar surface area (TPSA) is 86.8 Å². The molecule has 1 aliphatic heterocycles. The fourth-order valence-corrected chi connectivity index (χ4v) is 5.40. The Kier molecular flexibility index (Phi) is 7.63. The third kappa shape index (κ3) is 6.15. The van der Waals surface area contributed by atoms with E-state index in [1.807, 2.05) is 72.8 Å². The molecule has 0 aromatic heterocycles. The number of carbonyl (C=O) groups excluding carboxylic acids is 2. The molecule has 0 aliphatic carbocycles. The number of hydrogen-bond donors (Lipinski definition) is 1. The quantitative estimate of drug-likeness (QED) is 0.551. The van der Waals surface area contributed by atoms with Crippen LogP contribution < -0.4 is 5.32 Å². The summed E-state index contributed by atoms with van der Waals surface area (Å²) in [5, 5.41) is 6.08. The van der Waals surface area contributed by atoms with Crippen molar-refractivity contribution in [3.63, 3.8) is 0 Å². The summed E-state index contributed by atoms with van der Waals surface area (Å²) in [4.78, 5) is 27.2. The fraction of sp³-hybridized carbons (Fsp3) is 0.259. The van der Waals surface area contributed by atoms with Crippen LogP contribution in [0.3, 0.4) is 0 Å². The van der Waals surface area contributed by atoms with Crippen molar-refractivity contribution in [1.82, 2.24) is 14.5 Å². The summed E-state index contributed by atoms with van der Waals surface area (Å²) in [6.45, 7) is 2.64. The number of benzene rings is 3. The van der Waals surface area contributed by atoms with Gasteiger partial charge >= 0.3 is 0 Å². The monoisotopic (exact) mass is 491 g/mol. The van der Waals surface area contributed by atoms with Gasteiger partial charge in [0.15, 0.2) is 0 Å². The van der Waals surface area contributed by atoms with E-state index in [0.29, 0.717) is 0 Å². The standard InChI is InChI=1S/C27H29N3O4S/c1-21(28-26(31)20-24-12-7-11-23-10-5-6-13-25(23)24)27(32)29-15-17-30(18-16-29)35(33,34)19-14-22-8-3-2-4-9-22/h2-14,19,21H,15-18,20H2,1H3,(H,28,31). The van der Waals surface area contributed by atoms with E-state index >= 15 is 0 Å². The van der Waals surface area contributed by atoms with E-state index in [4.69, 9.17) is 0 Å². The maximum atomic E-state index is 12.9. The van der Waals surface area contributed by atoms with Gasteiger partial charge in [-0.15, -0.1) is 0 Å². The van der Waals surface area contributed by atoms with E-state index in [2.05, 4.69) is 5.32 Å². The number of sulfonamides is 1. The van der Waals surface area contributed by atoms with Crippen molar-refractivity contribution in [2.75, 3.05) is 26.2 Å². The molecular formula is C27H29N3O4S. The molecule has 1 unspecified atom stereocenters. The number of nitrogens with zero attached hydrogens (tertiary/aromatic N) is 2. The molecule has 1 aliphatic rings. The van der Waals surface area contributed by atoms with Crippen LogP contribution in [0.25, 0.3) is 16.8 Å². The van der Waals surface area contributed by atoms with Crippen LogP contribution in [0.5, 0.6) is 0 Å². The normalized spacial score (nSPS) is 15.9. The Balaban J connectivity index is 1.30. The lowest BCUT2D eigenvalue weighted by molar-refractivity contribution is -0.136. The molecule has 8 heteroatoms. The van der Waals surface area contributed by atoms with Gasteiger partial charge in [0.2, 0.25) is 21.8 Å². The zero-order chi connectivity index (χ0) is 24.8. The van der Waals surface area contributed by atoms with Crippen molar-refractivity contribution in [2.24, 2.45) is 0 Å². The van der Waals surface area contributed by atoms with E-state index in [1.54, 1.807) is 17.9 Å². The number of carbonyl (C=O) groups is 2. The highest BCUT2D eigenvalue weighted by Crippen LogP contribution is 2.19. The Bertz CT molecular complexity index is 1330. The van der Waals surface area contributed by atoms with Crippen LogP contribution in [0.2, 0.25) is 0 Å². The largest absolute Gasteiger partial charge is 0.344 e. The van der Waals surface area contributed by atoms with E-state index in [9.17, 15) is 18.0 Å². The van der Waals surface area contributed by atoms with Crippen molar-refractivity contribution in [3.8, 4) is 0 Å². The van der Waals surface area contributed by atoms with Gasteiger partial charge in [-0.3, -0.25) is 9.59 Å². The lowest BCUT2D eigenvalue weighted by atomic mass is 10.0. The van der Waals surface area contributed by atoms with Crippen molar-refractivity contribution < 1.29 is 18.0 Å². The van der Waals surface area contributed by atoms with Gasteiger partial charge in [0.1, 0.15) is 6.04 Å². The smallest absolute Gasteiger partial charge is 0.244 e. The molecule has 7 nitrogen and oxygen atoms in total. The third-order valence-electron chi connectivity index (χ3n) is 6.12. The van der Waals surface area contributed by atoms with Gasteiger partial charge < -0.3 is 10.2 Å². The second kappa shape index (κ2) is 10.8. The maximum Gasteiger partial charge on any atom is 0.244 e. The van der Waals surface area contributed by atoms with E-state index in [-0.39, 0.29) is 44.4 Å². The number of nitrogens with one attached hydrogen (secondary N) is 1. The Labute approximate surface area is 206 Å². The molecule has 182 valence electrons. The molecule has 1 fully saturated rings. The summed E-state index contributed by atoms with van der Waals surface area (Å²) >= 11 is 0. The number of hydrogen-bond acceptors (Lipinski definition) is 4. The molecule has 1 saturated heterocycles. The SMILES string of the molecule is CC(NC(=O)Cc1cccc2ccccc12)C(=O)N1CCN(S(=O)(=O)C=Cc2ccccc2)CC1. The van der Waals surface area contributed by atoms with Gasteiger partial charge in [-0.2, -0.15) is 4.31 Å². The highest BCUT2D eigenvalue weighted by atomic mass is 32.2. The number of amides is 2. The van der Waals surface area contributed by atoms with Crippen LogP contribution in [0.4, 0.5) is 0 Å². The molecule has 1 heterocycles. The van der Waals surface area contributed by atoms with Crippen LogP contribution in [0.1, 0.15) is 18.1 Å². The molecule has 2 amide bonds. The van der Waals surface area contributed by atoms with Gasteiger partial charge in [-0.25, -0.2) is 8.42 Å².